The highest BCUT2D eigenvalue weighted by Gasteiger charge is 2.21. The number of aromatic nitrogens is 2. The zero-order valence-corrected chi connectivity index (χ0v) is 15.6. The van der Waals surface area contributed by atoms with Crippen molar-refractivity contribution in [2.45, 2.75) is 25.7 Å². The van der Waals surface area contributed by atoms with Crippen LogP contribution in [-0.2, 0) is 12.8 Å². The van der Waals surface area contributed by atoms with E-state index in [-0.39, 0.29) is 5.56 Å². The number of benzene rings is 1. The van der Waals surface area contributed by atoms with Crippen LogP contribution in [0.4, 0.5) is 5.00 Å². The standard InChI is InChI=1S/C20H16N4O3S/c21-10-14-13-8-4-5-9-16(13)28-18(14)22-11-15-17(25)23-20(27)24(19(15)26)12-6-2-1-3-7-12/h1-3,6-7,11,26H,4-5,8-9H2,(H,23,25,27). The number of aromatic hydroxyl groups is 1. The van der Waals surface area contributed by atoms with Crippen LogP contribution in [0.3, 0.4) is 0 Å². The van der Waals surface area contributed by atoms with Gasteiger partial charge in [-0.25, -0.2) is 14.4 Å². The maximum atomic E-state index is 12.2. The van der Waals surface area contributed by atoms with Crippen molar-refractivity contribution in [1.29, 1.82) is 5.26 Å². The molecule has 0 aliphatic heterocycles. The molecule has 140 valence electrons. The van der Waals surface area contributed by atoms with E-state index in [1.165, 1.54) is 17.6 Å². The van der Waals surface area contributed by atoms with Crippen LogP contribution in [0.25, 0.3) is 5.69 Å². The first kappa shape index (κ1) is 17.9. The molecule has 0 amide bonds. The Morgan fingerprint density at radius 3 is 2.71 bits per heavy atom. The molecule has 1 aromatic carbocycles. The fraction of sp³-hybridized carbons (Fsp3) is 0.200. The fourth-order valence-electron chi connectivity index (χ4n) is 3.35. The number of nitriles is 1. The van der Waals surface area contributed by atoms with Crippen LogP contribution in [0.5, 0.6) is 5.88 Å². The first-order valence-electron chi connectivity index (χ1n) is 8.82. The van der Waals surface area contributed by atoms with E-state index in [9.17, 15) is 20.0 Å². The molecule has 2 aromatic heterocycles. The smallest absolute Gasteiger partial charge is 0.335 e. The summed E-state index contributed by atoms with van der Waals surface area (Å²) >= 11 is 1.44. The number of aliphatic imine (C=N–C) groups is 1. The minimum Gasteiger partial charge on any atom is -0.493 e. The van der Waals surface area contributed by atoms with Crippen LogP contribution in [0, 0.1) is 11.3 Å². The van der Waals surface area contributed by atoms with Gasteiger partial charge in [0.05, 0.1) is 11.3 Å². The number of rotatable bonds is 3. The Balaban J connectivity index is 1.82. The highest BCUT2D eigenvalue weighted by atomic mass is 32.1. The van der Waals surface area contributed by atoms with Crippen LogP contribution < -0.4 is 11.2 Å². The van der Waals surface area contributed by atoms with Gasteiger partial charge in [0, 0.05) is 11.1 Å². The molecule has 0 unspecified atom stereocenters. The molecule has 1 aliphatic carbocycles. The van der Waals surface area contributed by atoms with E-state index < -0.39 is 17.1 Å². The van der Waals surface area contributed by atoms with Crippen molar-refractivity contribution in [2.75, 3.05) is 0 Å². The average molecular weight is 392 g/mol. The van der Waals surface area contributed by atoms with E-state index in [2.05, 4.69) is 16.0 Å². The maximum Gasteiger partial charge on any atom is 0.335 e. The quantitative estimate of drug-likeness (QED) is 0.668. The molecule has 0 bridgehead atoms. The molecule has 0 radical (unpaired) electrons. The van der Waals surface area contributed by atoms with Crippen LogP contribution in [0.15, 0.2) is 44.9 Å². The molecule has 0 saturated carbocycles. The summed E-state index contributed by atoms with van der Waals surface area (Å²) < 4.78 is 1.01. The van der Waals surface area contributed by atoms with Gasteiger partial charge >= 0.3 is 5.69 Å². The number of nitrogens with one attached hydrogen (secondary N) is 1. The van der Waals surface area contributed by atoms with E-state index in [1.54, 1.807) is 30.3 Å². The lowest BCUT2D eigenvalue weighted by molar-refractivity contribution is 0.430. The number of fused-ring (bicyclic) bond motifs is 1. The lowest BCUT2D eigenvalue weighted by atomic mass is 9.96. The van der Waals surface area contributed by atoms with Gasteiger partial charge in [-0.05, 0) is 43.4 Å². The minimum atomic E-state index is -0.741. The van der Waals surface area contributed by atoms with E-state index in [0.717, 1.165) is 40.7 Å². The van der Waals surface area contributed by atoms with E-state index >= 15 is 0 Å². The second-order valence-corrected chi connectivity index (χ2v) is 7.51. The number of thiophene rings is 1. The fourth-order valence-corrected chi connectivity index (χ4v) is 4.54. The largest absolute Gasteiger partial charge is 0.493 e. The molecule has 2 heterocycles. The number of hydrogen-bond donors (Lipinski definition) is 2. The third-order valence-corrected chi connectivity index (χ3v) is 5.91. The number of hydrogen-bond acceptors (Lipinski definition) is 6. The average Bonchev–Trinajstić information content (AvgIpc) is 3.05. The van der Waals surface area contributed by atoms with Crippen molar-refractivity contribution in [3.63, 3.8) is 0 Å². The molecular weight excluding hydrogens is 376 g/mol. The highest BCUT2D eigenvalue weighted by molar-refractivity contribution is 7.16. The second-order valence-electron chi connectivity index (χ2n) is 6.43. The summed E-state index contributed by atoms with van der Waals surface area (Å²) in [5, 5.41) is 20.6. The Kier molecular flexibility index (Phi) is 4.67. The monoisotopic (exact) mass is 392 g/mol. The highest BCUT2D eigenvalue weighted by Crippen LogP contribution is 2.39. The van der Waals surface area contributed by atoms with Gasteiger partial charge in [0.15, 0.2) is 0 Å². The van der Waals surface area contributed by atoms with Gasteiger partial charge in [-0.3, -0.25) is 9.78 Å². The molecule has 7 nitrogen and oxygen atoms in total. The van der Waals surface area contributed by atoms with Gasteiger partial charge in [0.25, 0.3) is 5.56 Å². The van der Waals surface area contributed by atoms with E-state index in [0.29, 0.717) is 16.3 Å². The summed E-state index contributed by atoms with van der Waals surface area (Å²) in [6.07, 6.45) is 5.13. The zero-order chi connectivity index (χ0) is 19.7. The van der Waals surface area contributed by atoms with Gasteiger partial charge in [0.1, 0.15) is 16.6 Å². The third-order valence-electron chi connectivity index (χ3n) is 4.71. The Hall–Kier alpha value is -3.44. The molecule has 3 aromatic rings. The second kappa shape index (κ2) is 7.29. The first-order chi connectivity index (χ1) is 13.6. The van der Waals surface area contributed by atoms with Crippen molar-refractivity contribution >= 4 is 22.6 Å². The molecule has 8 heteroatoms. The van der Waals surface area contributed by atoms with Gasteiger partial charge in [-0.2, -0.15) is 5.26 Å². The summed E-state index contributed by atoms with van der Waals surface area (Å²) in [6, 6.07) is 10.7. The van der Waals surface area contributed by atoms with Crippen molar-refractivity contribution in [2.24, 2.45) is 4.99 Å². The van der Waals surface area contributed by atoms with Crippen molar-refractivity contribution in [3.05, 3.63) is 72.7 Å². The molecule has 0 spiro atoms. The van der Waals surface area contributed by atoms with Crippen molar-refractivity contribution < 1.29 is 5.11 Å². The minimum absolute atomic E-state index is 0.140. The number of aromatic amines is 1. The van der Waals surface area contributed by atoms with Crippen LogP contribution in [0.2, 0.25) is 0 Å². The van der Waals surface area contributed by atoms with Gasteiger partial charge < -0.3 is 5.11 Å². The topological polar surface area (TPSA) is 111 Å². The maximum absolute atomic E-state index is 12.2. The molecule has 0 saturated heterocycles. The Labute approximate surface area is 163 Å². The predicted octanol–water partition coefficient (Wildman–Crippen LogP) is 2.79. The Bertz CT molecular complexity index is 1230. The number of para-hydroxylation sites is 1. The Morgan fingerprint density at radius 1 is 1.21 bits per heavy atom. The van der Waals surface area contributed by atoms with E-state index in [1.807, 2.05) is 0 Å². The van der Waals surface area contributed by atoms with Gasteiger partial charge in [-0.15, -0.1) is 11.3 Å². The number of H-pyrrole nitrogens is 1. The van der Waals surface area contributed by atoms with Gasteiger partial charge in [-0.1, -0.05) is 18.2 Å². The number of nitrogens with zero attached hydrogens (tertiary/aromatic N) is 3. The summed E-state index contributed by atoms with van der Waals surface area (Å²) in [5.41, 5.74) is 0.369. The van der Waals surface area contributed by atoms with Crippen molar-refractivity contribution in [3.8, 4) is 17.6 Å². The molecule has 28 heavy (non-hydrogen) atoms. The normalized spacial score (nSPS) is 13.4. The van der Waals surface area contributed by atoms with Gasteiger partial charge in [0.2, 0.25) is 5.88 Å². The zero-order valence-electron chi connectivity index (χ0n) is 14.8. The lowest BCUT2D eigenvalue weighted by Gasteiger charge is -2.09. The van der Waals surface area contributed by atoms with Crippen LogP contribution >= 0.6 is 11.3 Å². The van der Waals surface area contributed by atoms with Crippen LogP contribution in [-0.4, -0.2) is 20.9 Å². The molecule has 0 fully saturated rings. The number of aryl methyl sites for hydroxylation is 1. The summed E-state index contributed by atoms with van der Waals surface area (Å²) in [7, 11) is 0. The first-order valence-corrected chi connectivity index (χ1v) is 9.64. The predicted molar refractivity (Wildman–Crippen MR) is 107 cm³/mol. The van der Waals surface area contributed by atoms with Crippen LogP contribution in [0.1, 0.15) is 34.4 Å². The molecule has 1 aliphatic rings. The lowest BCUT2D eigenvalue weighted by Crippen LogP contribution is -2.31. The van der Waals surface area contributed by atoms with E-state index in [4.69, 9.17) is 0 Å². The SMILES string of the molecule is N#Cc1c(N=Cc2c(O)n(-c3ccccc3)c(=O)[nH]c2=O)sc2c1CCCC2. The summed E-state index contributed by atoms with van der Waals surface area (Å²) in [5.74, 6) is -0.497. The molecule has 0 atom stereocenters. The van der Waals surface area contributed by atoms with Crippen molar-refractivity contribution in [1.82, 2.24) is 9.55 Å². The molecule has 2 N–H and O–H groups in total. The Morgan fingerprint density at radius 2 is 1.96 bits per heavy atom. The molecular formula is C20H16N4O3S. The summed E-state index contributed by atoms with van der Waals surface area (Å²) in [6.45, 7) is 0. The summed E-state index contributed by atoms with van der Waals surface area (Å²) in [4.78, 5) is 32.1. The third kappa shape index (κ3) is 3.06. The molecule has 4 rings (SSSR count).